The molecule has 0 atom stereocenters. The SMILES string of the molecule is c1ccc(-c2ccc(N(c3cccc(-c4cccc(-c5cccc6ccccc56)c4)c3)c3cccc4c3sc3ccccc34)cc2)cc1. The van der Waals surface area contributed by atoms with Crippen molar-refractivity contribution in [2.75, 3.05) is 4.90 Å². The van der Waals surface area contributed by atoms with Gasteiger partial charge in [-0.3, -0.25) is 0 Å². The minimum absolute atomic E-state index is 1.13. The highest BCUT2D eigenvalue weighted by Gasteiger charge is 2.19. The number of thiophene rings is 1. The molecule has 0 fully saturated rings. The topological polar surface area (TPSA) is 3.24 Å². The number of anilines is 3. The molecule has 1 heterocycles. The van der Waals surface area contributed by atoms with Gasteiger partial charge in [0, 0.05) is 26.8 Å². The third kappa shape index (κ3) is 5.04. The van der Waals surface area contributed by atoms with E-state index in [2.05, 4.69) is 193 Å². The first-order valence-electron chi connectivity index (χ1n) is 16.3. The summed E-state index contributed by atoms with van der Waals surface area (Å²) in [6.45, 7) is 0. The highest BCUT2D eigenvalue weighted by Crippen LogP contribution is 2.45. The van der Waals surface area contributed by atoms with E-state index < -0.39 is 0 Å². The molecule has 9 aromatic rings. The molecule has 0 aliphatic rings. The Labute approximate surface area is 284 Å². The van der Waals surface area contributed by atoms with Crippen molar-refractivity contribution in [1.82, 2.24) is 0 Å². The molecule has 0 saturated heterocycles. The van der Waals surface area contributed by atoms with E-state index in [4.69, 9.17) is 0 Å². The van der Waals surface area contributed by atoms with Gasteiger partial charge in [-0.2, -0.15) is 0 Å². The van der Waals surface area contributed by atoms with Gasteiger partial charge >= 0.3 is 0 Å². The Bertz CT molecular complexity index is 2560. The smallest absolute Gasteiger partial charge is 0.0640 e. The minimum atomic E-state index is 1.13. The Morgan fingerprint density at radius 3 is 1.83 bits per heavy atom. The summed E-state index contributed by atoms with van der Waals surface area (Å²) in [5.41, 5.74) is 10.7. The number of benzene rings is 8. The molecule has 1 nitrogen and oxygen atoms in total. The van der Waals surface area contributed by atoms with Crippen LogP contribution >= 0.6 is 11.3 Å². The van der Waals surface area contributed by atoms with Crippen molar-refractivity contribution in [1.29, 1.82) is 0 Å². The molecule has 0 spiro atoms. The first kappa shape index (κ1) is 28.3. The van der Waals surface area contributed by atoms with E-state index in [9.17, 15) is 0 Å². The van der Waals surface area contributed by atoms with Crippen LogP contribution in [0, 0.1) is 0 Å². The molecular formula is C46H31NS. The summed E-state index contributed by atoms with van der Waals surface area (Å²) in [4.78, 5) is 2.42. The van der Waals surface area contributed by atoms with Crippen LogP contribution in [-0.2, 0) is 0 Å². The van der Waals surface area contributed by atoms with Crippen molar-refractivity contribution < 1.29 is 0 Å². The normalized spacial score (nSPS) is 11.3. The van der Waals surface area contributed by atoms with Gasteiger partial charge in [0.05, 0.1) is 10.4 Å². The fourth-order valence-electron chi connectivity index (χ4n) is 6.94. The van der Waals surface area contributed by atoms with Crippen molar-refractivity contribution in [2.45, 2.75) is 0 Å². The lowest BCUT2D eigenvalue weighted by Gasteiger charge is -2.27. The van der Waals surface area contributed by atoms with Gasteiger partial charge in [0.25, 0.3) is 0 Å². The largest absolute Gasteiger partial charge is 0.309 e. The summed E-state index contributed by atoms with van der Waals surface area (Å²) >= 11 is 1.87. The molecule has 1 aromatic heterocycles. The van der Waals surface area contributed by atoms with E-state index in [0.29, 0.717) is 0 Å². The summed E-state index contributed by atoms with van der Waals surface area (Å²) in [6.07, 6.45) is 0. The average molecular weight is 630 g/mol. The molecular weight excluding hydrogens is 599 g/mol. The van der Waals surface area contributed by atoms with Crippen molar-refractivity contribution in [3.63, 3.8) is 0 Å². The van der Waals surface area contributed by atoms with Crippen LogP contribution in [0.15, 0.2) is 188 Å². The second kappa shape index (κ2) is 12.0. The molecule has 0 aliphatic carbocycles. The third-order valence-electron chi connectivity index (χ3n) is 9.26. The van der Waals surface area contributed by atoms with Crippen LogP contribution in [0.3, 0.4) is 0 Å². The Morgan fingerprint density at radius 1 is 0.354 bits per heavy atom. The highest BCUT2D eigenvalue weighted by molar-refractivity contribution is 7.26. The van der Waals surface area contributed by atoms with E-state index in [1.54, 1.807) is 0 Å². The number of rotatable bonds is 6. The maximum absolute atomic E-state index is 2.42. The Kier molecular flexibility index (Phi) is 7.07. The molecule has 0 amide bonds. The summed E-state index contributed by atoms with van der Waals surface area (Å²) in [5, 5.41) is 5.12. The molecule has 0 unspecified atom stereocenters. The molecule has 48 heavy (non-hydrogen) atoms. The molecule has 0 bridgehead atoms. The summed E-state index contributed by atoms with van der Waals surface area (Å²) < 4.78 is 2.59. The van der Waals surface area contributed by atoms with Crippen LogP contribution in [-0.4, -0.2) is 0 Å². The standard InChI is InChI=1S/C46H31NS/c1-2-12-32(13-3-1)33-26-28-38(29-27-33)47(44-24-11-23-43-42-21-6-7-25-45(42)48-46(43)44)39-19-9-17-36(31-39)35-16-8-18-37(30-35)41-22-10-15-34-14-4-5-20-40(34)41/h1-31H. The fraction of sp³-hybridized carbons (Fsp3) is 0. The van der Waals surface area contributed by atoms with Gasteiger partial charge in [0.2, 0.25) is 0 Å². The summed E-state index contributed by atoms with van der Waals surface area (Å²) in [5.74, 6) is 0. The van der Waals surface area contributed by atoms with E-state index in [0.717, 1.165) is 11.4 Å². The number of nitrogens with zero attached hydrogens (tertiary/aromatic N) is 1. The number of hydrogen-bond donors (Lipinski definition) is 0. The second-order valence-corrected chi connectivity index (χ2v) is 13.2. The number of hydrogen-bond acceptors (Lipinski definition) is 2. The Hall–Kier alpha value is -5.96. The predicted molar refractivity (Wildman–Crippen MR) is 208 cm³/mol. The fourth-order valence-corrected chi connectivity index (χ4v) is 8.14. The maximum atomic E-state index is 2.42. The Balaban J connectivity index is 1.19. The lowest BCUT2D eigenvalue weighted by Crippen LogP contribution is -2.10. The molecule has 2 heteroatoms. The lowest BCUT2D eigenvalue weighted by molar-refractivity contribution is 1.30. The molecule has 8 aromatic carbocycles. The van der Waals surface area contributed by atoms with Crippen LogP contribution in [0.4, 0.5) is 17.1 Å². The first-order chi connectivity index (χ1) is 23.8. The quantitative estimate of drug-likeness (QED) is 0.177. The van der Waals surface area contributed by atoms with Gasteiger partial charge in [0.15, 0.2) is 0 Å². The van der Waals surface area contributed by atoms with Crippen molar-refractivity contribution in [3.8, 4) is 33.4 Å². The van der Waals surface area contributed by atoms with Crippen LogP contribution in [0.25, 0.3) is 64.3 Å². The van der Waals surface area contributed by atoms with Gasteiger partial charge < -0.3 is 4.90 Å². The summed E-state index contributed by atoms with van der Waals surface area (Å²) in [7, 11) is 0. The number of fused-ring (bicyclic) bond motifs is 4. The second-order valence-electron chi connectivity index (χ2n) is 12.2. The molecule has 226 valence electrons. The zero-order valence-electron chi connectivity index (χ0n) is 26.3. The van der Waals surface area contributed by atoms with Crippen molar-refractivity contribution in [3.05, 3.63) is 188 Å². The van der Waals surface area contributed by atoms with Crippen LogP contribution in [0.1, 0.15) is 0 Å². The van der Waals surface area contributed by atoms with Crippen LogP contribution in [0.5, 0.6) is 0 Å². The maximum Gasteiger partial charge on any atom is 0.0640 e. The van der Waals surface area contributed by atoms with Crippen molar-refractivity contribution in [2.24, 2.45) is 0 Å². The average Bonchev–Trinajstić information content (AvgIpc) is 3.55. The van der Waals surface area contributed by atoms with Gasteiger partial charge in [0.1, 0.15) is 0 Å². The zero-order valence-corrected chi connectivity index (χ0v) is 27.1. The predicted octanol–water partition coefficient (Wildman–Crippen LogP) is 13.7. The van der Waals surface area contributed by atoms with Crippen molar-refractivity contribution >= 4 is 59.3 Å². The zero-order chi connectivity index (χ0) is 31.9. The molecule has 9 rings (SSSR count). The van der Waals surface area contributed by atoms with Gasteiger partial charge in [-0.15, -0.1) is 11.3 Å². The molecule has 0 N–H and O–H groups in total. The van der Waals surface area contributed by atoms with Gasteiger partial charge in [-0.1, -0.05) is 146 Å². The molecule has 0 radical (unpaired) electrons. The first-order valence-corrected chi connectivity index (χ1v) is 17.2. The molecule has 0 saturated carbocycles. The molecule has 0 aliphatic heterocycles. The van der Waals surface area contributed by atoms with Gasteiger partial charge in [-0.05, 0) is 86.6 Å². The van der Waals surface area contributed by atoms with E-state index in [1.807, 2.05) is 11.3 Å². The minimum Gasteiger partial charge on any atom is -0.309 e. The van der Waals surface area contributed by atoms with Crippen LogP contribution < -0.4 is 4.90 Å². The van der Waals surface area contributed by atoms with E-state index in [-0.39, 0.29) is 0 Å². The van der Waals surface area contributed by atoms with E-state index in [1.165, 1.54) is 70.0 Å². The highest BCUT2D eigenvalue weighted by atomic mass is 32.1. The van der Waals surface area contributed by atoms with E-state index >= 15 is 0 Å². The van der Waals surface area contributed by atoms with Gasteiger partial charge in [-0.25, -0.2) is 0 Å². The summed E-state index contributed by atoms with van der Waals surface area (Å²) in [6, 6.07) is 68.1. The third-order valence-corrected chi connectivity index (χ3v) is 10.5. The Morgan fingerprint density at radius 2 is 0.958 bits per heavy atom. The monoisotopic (exact) mass is 629 g/mol. The van der Waals surface area contributed by atoms with Crippen LogP contribution in [0.2, 0.25) is 0 Å². The lowest BCUT2D eigenvalue weighted by atomic mass is 9.95.